The fourth-order valence-corrected chi connectivity index (χ4v) is 4.71. The van der Waals surface area contributed by atoms with Crippen molar-refractivity contribution in [3.63, 3.8) is 0 Å². The average Bonchev–Trinajstić information content (AvgIpc) is 3.34. The SMILES string of the molecule is O=C(NCC(c1ccccc1)N1CCCC1)C1CCN(C(=O)c2ccc(F)cc2F)CC1. The van der Waals surface area contributed by atoms with Crippen molar-refractivity contribution >= 4 is 11.8 Å². The van der Waals surface area contributed by atoms with Crippen molar-refractivity contribution in [1.29, 1.82) is 0 Å². The molecule has 2 fully saturated rings. The number of likely N-dealkylation sites (tertiary alicyclic amines) is 2. The summed E-state index contributed by atoms with van der Waals surface area (Å²) in [6, 6.07) is 13.4. The van der Waals surface area contributed by atoms with Crippen LogP contribution in [0.2, 0.25) is 0 Å². The summed E-state index contributed by atoms with van der Waals surface area (Å²) in [5.74, 6) is -2.20. The van der Waals surface area contributed by atoms with Crippen molar-refractivity contribution in [1.82, 2.24) is 15.1 Å². The smallest absolute Gasteiger partial charge is 0.256 e. The van der Waals surface area contributed by atoms with Gasteiger partial charge in [0.15, 0.2) is 0 Å². The monoisotopic (exact) mass is 441 g/mol. The zero-order chi connectivity index (χ0) is 22.5. The van der Waals surface area contributed by atoms with Gasteiger partial charge in [-0.1, -0.05) is 30.3 Å². The summed E-state index contributed by atoms with van der Waals surface area (Å²) < 4.78 is 27.1. The average molecular weight is 442 g/mol. The third kappa shape index (κ3) is 5.15. The molecule has 2 heterocycles. The van der Waals surface area contributed by atoms with Crippen molar-refractivity contribution in [2.75, 3.05) is 32.7 Å². The number of carbonyl (C=O) groups is 2. The molecule has 7 heteroatoms. The van der Waals surface area contributed by atoms with Crippen LogP contribution >= 0.6 is 0 Å². The Labute approximate surface area is 187 Å². The molecule has 5 nitrogen and oxygen atoms in total. The van der Waals surface area contributed by atoms with Gasteiger partial charge in [0.25, 0.3) is 5.91 Å². The molecule has 0 bridgehead atoms. The number of hydrogen-bond acceptors (Lipinski definition) is 3. The topological polar surface area (TPSA) is 52.7 Å². The number of nitrogens with zero attached hydrogens (tertiary/aromatic N) is 2. The van der Waals surface area contributed by atoms with Gasteiger partial charge in [-0.25, -0.2) is 8.78 Å². The first-order valence-electron chi connectivity index (χ1n) is 11.3. The third-order valence-electron chi connectivity index (χ3n) is 6.55. The van der Waals surface area contributed by atoms with Crippen LogP contribution in [-0.4, -0.2) is 54.3 Å². The normalized spacial score (nSPS) is 18.5. The van der Waals surface area contributed by atoms with Crippen molar-refractivity contribution in [2.45, 2.75) is 31.7 Å². The maximum atomic E-state index is 13.9. The number of hydrogen-bond donors (Lipinski definition) is 1. The summed E-state index contributed by atoms with van der Waals surface area (Å²) >= 11 is 0. The lowest BCUT2D eigenvalue weighted by atomic mass is 9.95. The minimum absolute atomic E-state index is 0.00481. The van der Waals surface area contributed by atoms with Crippen molar-refractivity contribution in [3.05, 3.63) is 71.3 Å². The highest BCUT2D eigenvalue weighted by Crippen LogP contribution is 2.25. The molecule has 32 heavy (non-hydrogen) atoms. The molecule has 0 saturated carbocycles. The first-order chi connectivity index (χ1) is 15.5. The number of rotatable bonds is 6. The molecule has 2 aromatic carbocycles. The van der Waals surface area contributed by atoms with Crippen LogP contribution in [0.15, 0.2) is 48.5 Å². The second kappa shape index (κ2) is 10.2. The zero-order valence-corrected chi connectivity index (χ0v) is 18.1. The summed E-state index contributed by atoms with van der Waals surface area (Å²) in [7, 11) is 0. The van der Waals surface area contributed by atoms with Crippen molar-refractivity contribution in [3.8, 4) is 0 Å². The van der Waals surface area contributed by atoms with E-state index in [-0.39, 0.29) is 23.4 Å². The lowest BCUT2D eigenvalue weighted by Gasteiger charge is -2.33. The van der Waals surface area contributed by atoms with E-state index in [2.05, 4.69) is 22.3 Å². The van der Waals surface area contributed by atoms with Crippen LogP contribution in [0.4, 0.5) is 8.78 Å². The number of carbonyl (C=O) groups excluding carboxylic acids is 2. The van der Waals surface area contributed by atoms with E-state index in [1.165, 1.54) is 29.4 Å². The molecule has 0 radical (unpaired) electrons. The Kier molecular flexibility index (Phi) is 7.15. The fraction of sp³-hybridized carbons (Fsp3) is 0.440. The van der Waals surface area contributed by atoms with Crippen LogP contribution in [-0.2, 0) is 4.79 Å². The highest BCUT2D eigenvalue weighted by molar-refractivity contribution is 5.94. The van der Waals surface area contributed by atoms with Gasteiger partial charge in [0.1, 0.15) is 11.6 Å². The van der Waals surface area contributed by atoms with E-state index in [1.54, 1.807) is 0 Å². The first-order valence-corrected chi connectivity index (χ1v) is 11.3. The summed E-state index contributed by atoms with van der Waals surface area (Å²) in [5.41, 5.74) is 1.07. The Morgan fingerprint density at radius 3 is 2.31 bits per heavy atom. The summed E-state index contributed by atoms with van der Waals surface area (Å²) in [6.45, 7) is 3.39. The van der Waals surface area contributed by atoms with Gasteiger partial charge in [-0.3, -0.25) is 14.5 Å². The van der Waals surface area contributed by atoms with Crippen molar-refractivity contribution < 1.29 is 18.4 Å². The number of amides is 2. The van der Waals surface area contributed by atoms with Gasteiger partial charge in [0.2, 0.25) is 5.91 Å². The van der Waals surface area contributed by atoms with Gasteiger partial charge < -0.3 is 10.2 Å². The van der Waals surface area contributed by atoms with Gasteiger partial charge in [-0.05, 0) is 56.5 Å². The van der Waals surface area contributed by atoms with Crippen molar-refractivity contribution in [2.24, 2.45) is 5.92 Å². The Hall–Kier alpha value is -2.80. The predicted octanol–water partition coefficient (Wildman–Crippen LogP) is 3.77. The lowest BCUT2D eigenvalue weighted by molar-refractivity contribution is -0.126. The maximum Gasteiger partial charge on any atom is 0.256 e. The molecule has 0 spiro atoms. The van der Waals surface area contributed by atoms with Crippen LogP contribution in [0.1, 0.15) is 47.6 Å². The Morgan fingerprint density at radius 1 is 0.969 bits per heavy atom. The Bertz CT molecular complexity index is 939. The number of nitrogens with one attached hydrogen (secondary N) is 1. The van der Waals surface area contributed by atoms with E-state index in [9.17, 15) is 18.4 Å². The molecule has 0 aliphatic carbocycles. The molecule has 2 amide bonds. The fourth-order valence-electron chi connectivity index (χ4n) is 4.71. The van der Waals surface area contributed by atoms with E-state index in [4.69, 9.17) is 0 Å². The summed E-state index contributed by atoms with van der Waals surface area (Å²) in [4.78, 5) is 29.4. The van der Waals surface area contributed by atoms with Gasteiger partial charge in [0.05, 0.1) is 11.6 Å². The van der Waals surface area contributed by atoms with Crippen LogP contribution in [0.5, 0.6) is 0 Å². The van der Waals surface area contributed by atoms with Crippen LogP contribution in [0, 0.1) is 17.6 Å². The third-order valence-corrected chi connectivity index (χ3v) is 6.55. The minimum atomic E-state index is -0.858. The number of halogens is 2. The molecule has 2 saturated heterocycles. The standard InChI is InChI=1S/C25H29F2N3O2/c26-20-8-9-21(22(27)16-20)25(32)30-14-10-19(11-15-30)24(31)28-17-23(29-12-4-5-13-29)18-6-2-1-3-7-18/h1-3,6-9,16,19,23H,4-5,10-15,17H2,(H,28,31). The van der Waals surface area contributed by atoms with Gasteiger partial charge in [0, 0.05) is 31.6 Å². The second-order valence-electron chi connectivity index (χ2n) is 8.61. The molecular formula is C25H29F2N3O2. The summed E-state index contributed by atoms with van der Waals surface area (Å²) in [5, 5.41) is 3.13. The molecule has 1 atom stereocenters. The van der Waals surface area contributed by atoms with Gasteiger partial charge >= 0.3 is 0 Å². The first kappa shape index (κ1) is 22.4. The van der Waals surface area contributed by atoms with E-state index in [0.29, 0.717) is 32.5 Å². The quantitative estimate of drug-likeness (QED) is 0.743. The molecule has 4 rings (SSSR count). The second-order valence-corrected chi connectivity index (χ2v) is 8.61. The number of piperidine rings is 1. The van der Waals surface area contributed by atoms with Crippen LogP contribution in [0.3, 0.4) is 0 Å². The molecule has 2 aliphatic rings. The van der Waals surface area contributed by atoms with E-state index < -0.39 is 17.5 Å². The lowest BCUT2D eigenvalue weighted by Crippen LogP contribution is -2.45. The van der Waals surface area contributed by atoms with Crippen LogP contribution < -0.4 is 5.32 Å². The maximum absolute atomic E-state index is 13.9. The predicted molar refractivity (Wildman–Crippen MR) is 118 cm³/mol. The molecule has 170 valence electrons. The van der Waals surface area contributed by atoms with E-state index >= 15 is 0 Å². The highest BCUT2D eigenvalue weighted by atomic mass is 19.1. The van der Waals surface area contributed by atoms with Gasteiger partial charge in [-0.2, -0.15) is 0 Å². The highest BCUT2D eigenvalue weighted by Gasteiger charge is 2.30. The largest absolute Gasteiger partial charge is 0.354 e. The minimum Gasteiger partial charge on any atom is -0.354 e. The number of benzene rings is 2. The van der Waals surface area contributed by atoms with E-state index in [0.717, 1.165) is 25.2 Å². The Morgan fingerprint density at radius 2 is 1.66 bits per heavy atom. The molecule has 0 aromatic heterocycles. The molecule has 2 aliphatic heterocycles. The Balaban J connectivity index is 1.31. The van der Waals surface area contributed by atoms with Crippen LogP contribution in [0.25, 0.3) is 0 Å². The van der Waals surface area contributed by atoms with Gasteiger partial charge in [-0.15, -0.1) is 0 Å². The zero-order valence-electron chi connectivity index (χ0n) is 18.1. The molecule has 1 N–H and O–H groups in total. The summed E-state index contributed by atoms with van der Waals surface area (Å²) in [6.07, 6.45) is 3.41. The molecule has 1 unspecified atom stereocenters. The molecular weight excluding hydrogens is 412 g/mol. The molecule has 2 aromatic rings. The van der Waals surface area contributed by atoms with E-state index in [1.807, 2.05) is 18.2 Å².